The van der Waals surface area contributed by atoms with Gasteiger partial charge in [-0.05, 0) is 31.7 Å². The number of rotatable bonds is 4. The summed E-state index contributed by atoms with van der Waals surface area (Å²) in [4.78, 5) is 28.9. The van der Waals surface area contributed by atoms with Crippen LogP contribution in [0.15, 0.2) is 10.9 Å². The van der Waals surface area contributed by atoms with E-state index in [9.17, 15) is 22.8 Å². The SMILES string of the molecule is Cc1cc(C(F)(F)F)c2c(=O)n(CC(=O)NCC3CCOCC3)n(C)c2n1. The molecule has 3 rings (SSSR count). The first-order valence-corrected chi connectivity index (χ1v) is 8.67. The summed E-state index contributed by atoms with van der Waals surface area (Å²) in [6, 6.07) is 0.847. The van der Waals surface area contributed by atoms with Crippen molar-refractivity contribution in [3.8, 4) is 0 Å². The number of nitrogens with one attached hydrogen (secondary N) is 1. The van der Waals surface area contributed by atoms with Crippen LogP contribution in [0, 0.1) is 12.8 Å². The maximum absolute atomic E-state index is 13.3. The predicted octanol–water partition coefficient (Wildman–Crippen LogP) is 1.61. The van der Waals surface area contributed by atoms with Crippen LogP contribution in [-0.2, 0) is 29.3 Å². The van der Waals surface area contributed by atoms with Crippen molar-refractivity contribution < 1.29 is 22.7 Å². The fourth-order valence-corrected chi connectivity index (χ4v) is 3.28. The molecule has 0 atom stereocenters. The van der Waals surface area contributed by atoms with Gasteiger partial charge in [0.05, 0.1) is 10.9 Å². The number of hydrogen-bond acceptors (Lipinski definition) is 4. The molecule has 0 unspecified atom stereocenters. The van der Waals surface area contributed by atoms with Gasteiger partial charge in [0.15, 0.2) is 5.65 Å². The molecule has 1 amide bonds. The monoisotopic (exact) mass is 386 g/mol. The van der Waals surface area contributed by atoms with Gasteiger partial charge in [-0.15, -0.1) is 0 Å². The van der Waals surface area contributed by atoms with Crippen molar-refractivity contribution in [2.75, 3.05) is 19.8 Å². The quantitative estimate of drug-likeness (QED) is 0.866. The van der Waals surface area contributed by atoms with Gasteiger partial charge in [-0.3, -0.25) is 14.3 Å². The van der Waals surface area contributed by atoms with Gasteiger partial charge in [0.2, 0.25) is 5.91 Å². The van der Waals surface area contributed by atoms with Gasteiger partial charge in [-0.1, -0.05) is 0 Å². The first kappa shape index (κ1) is 19.4. The number of fused-ring (bicyclic) bond motifs is 1. The summed E-state index contributed by atoms with van der Waals surface area (Å²) in [6.07, 6.45) is -3.01. The van der Waals surface area contributed by atoms with Crippen molar-refractivity contribution >= 4 is 16.9 Å². The first-order chi connectivity index (χ1) is 12.7. The summed E-state index contributed by atoms with van der Waals surface area (Å²) < 4.78 is 47.4. The Kier molecular flexibility index (Phi) is 5.27. The third kappa shape index (κ3) is 4.00. The molecule has 0 bridgehead atoms. The molecule has 1 aliphatic rings. The molecule has 0 aliphatic carbocycles. The van der Waals surface area contributed by atoms with Gasteiger partial charge in [-0.25, -0.2) is 9.67 Å². The lowest BCUT2D eigenvalue weighted by atomic mass is 10.0. The highest BCUT2D eigenvalue weighted by atomic mass is 19.4. The molecule has 0 aromatic carbocycles. The average molecular weight is 386 g/mol. The zero-order chi connectivity index (χ0) is 19.8. The Hall–Kier alpha value is -2.36. The lowest BCUT2D eigenvalue weighted by Crippen LogP contribution is -2.37. The average Bonchev–Trinajstić information content (AvgIpc) is 2.84. The second-order valence-corrected chi connectivity index (χ2v) is 6.75. The molecule has 148 valence electrons. The number of carbonyl (C=O) groups is 1. The largest absolute Gasteiger partial charge is 0.417 e. The Bertz CT molecular complexity index is 911. The molecule has 1 aliphatic heterocycles. The molecule has 0 radical (unpaired) electrons. The van der Waals surface area contributed by atoms with Crippen molar-refractivity contribution in [1.82, 2.24) is 19.7 Å². The van der Waals surface area contributed by atoms with E-state index in [0.717, 1.165) is 23.6 Å². The lowest BCUT2D eigenvalue weighted by molar-refractivity contribution is -0.136. The van der Waals surface area contributed by atoms with E-state index in [0.29, 0.717) is 25.7 Å². The number of nitrogens with zero attached hydrogens (tertiary/aromatic N) is 3. The van der Waals surface area contributed by atoms with Crippen molar-refractivity contribution in [1.29, 1.82) is 0 Å². The van der Waals surface area contributed by atoms with Crippen LogP contribution < -0.4 is 10.9 Å². The molecule has 10 heteroatoms. The highest BCUT2D eigenvalue weighted by Gasteiger charge is 2.36. The van der Waals surface area contributed by atoms with Gasteiger partial charge < -0.3 is 10.1 Å². The number of aromatic nitrogens is 3. The zero-order valence-corrected chi connectivity index (χ0v) is 15.1. The van der Waals surface area contributed by atoms with Crippen LogP contribution in [0.4, 0.5) is 13.2 Å². The Morgan fingerprint density at radius 1 is 1.37 bits per heavy atom. The van der Waals surface area contributed by atoms with Crippen molar-refractivity contribution in [2.45, 2.75) is 32.5 Å². The minimum absolute atomic E-state index is 0.0930. The third-order valence-electron chi connectivity index (χ3n) is 4.77. The number of alkyl halides is 3. The molecule has 3 heterocycles. The fourth-order valence-electron chi connectivity index (χ4n) is 3.28. The minimum Gasteiger partial charge on any atom is -0.381 e. The Balaban J connectivity index is 1.86. The Labute approximate surface area is 153 Å². The van der Waals surface area contributed by atoms with E-state index < -0.39 is 28.6 Å². The molecular weight excluding hydrogens is 365 g/mol. The van der Waals surface area contributed by atoms with Crippen molar-refractivity contribution in [3.05, 3.63) is 27.7 Å². The van der Waals surface area contributed by atoms with E-state index in [4.69, 9.17) is 4.74 Å². The lowest BCUT2D eigenvalue weighted by Gasteiger charge is -2.22. The standard InChI is InChI=1S/C17H21F3N4O3/c1-10-7-12(17(18,19)20)14-15(22-10)23(2)24(16(14)26)9-13(25)21-8-11-3-5-27-6-4-11/h7,11H,3-6,8-9H2,1-2H3,(H,21,25). The highest BCUT2D eigenvalue weighted by molar-refractivity contribution is 5.81. The summed E-state index contributed by atoms with van der Waals surface area (Å²) in [5.74, 6) is -0.132. The number of ether oxygens (including phenoxy) is 1. The molecule has 27 heavy (non-hydrogen) atoms. The molecule has 2 aromatic rings. The minimum atomic E-state index is -4.68. The van der Waals surface area contributed by atoms with Crippen molar-refractivity contribution in [3.63, 3.8) is 0 Å². The topological polar surface area (TPSA) is 78.1 Å². The van der Waals surface area contributed by atoms with Gasteiger partial charge in [0.1, 0.15) is 6.54 Å². The number of hydrogen-bond donors (Lipinski definition) is 1. The molecule has 1 saturated heterocycles. The second kappa shape index (κ2) is 7.34. The van der Waals surface area contributed by atoms with Gasteiger partial charge in [0.25, 0.3) is 5.56 Å². The molecule has 0 spiro atoms. The predicted molar refractivity (Wildman–Crippen MR) is 91.3 cm³/mol. The van der Waals surface area contributed by atoms with Crippen LogP contribution in [-0.4, -0.2) is 40.0 Å². The molecular formula is C17H21F3N4O3. The van der Waals surface area contributed by atoms with Gasteiger partial charge >= 0.3 is 6.18 Å². The molecule has 2 aromatic heterocycles. The van der Waals surface area contributed by atoms with Crippen LogP contribution in [0.5, 0.6) is 0 Å². The van der Waals surface area contributed by atoms with Gasteiger partial charge in [0, 0.05) is 32.5 Å². The maximum Gasteiger partial charge on any atom is 0.417 e. The number of aryl methyl sites for hydroxylation is 2. The number of halogens is 3. The zero-order valence-electron chi connectivity index (χ0n) is 15.1. The number of amides is 1. The first-order valence-electron chi connectivity index (χ1n) is 8.67. The molecule has 7 nitrogen and oxygen atoms in total. The maximum atomic E-state index is 13.3. The number of carbonyl (C=O) groups excluding carboxylic acids is 1. The van der Waals surface area contributed by atoms with E-state index >= 15 is 0 Å². The van der Waals surface area contributed by atoms with E-state index in [1.807, 2.05) is 0 Å². The van der Waals surface area contributed by atoms with Crippen molar-refractivity contribution in [2.24, 2.45) is 13.0 Å². The van der Waals surface area contributed by atoms with Crippen LogP contribution in [0.2, 0.25) is 0 Å². The summed E-state index contributed by atoms with van der Waals surface area (Å²) in [6.45, 7) is 2.80. The summed E-state index contributed by atoms with van der Waals surface area (Å²) >= 11 is 0. The summed E-state index contributed by atoms with van der Waals surface area (Å²) in [5, 5.41) is 2.23. The van der Waals surface area contributed by atoms with Crippen LogP contribution in [0.25, 0.3) is 11.0 Å². The van der Waals surface area contributed by atoms with Crippen LogP contribution in [0.3, 0.4) is 0 Å². The normalized spacial score (nSPS) is 16.0. The van der Waals surface area contributed by atoms with Gasteiger partial charge in [-0.2, -0.15) is 13.2 Å². The Morgan fingerprint density at radius 3 is 2.67 bits per heavy atom. The van der Waals surface area contributed by atoms with E-state index in [-0.39, 0.29) is 17.9 Å². The third-order valence-corrected chi connectivity index (χ3v) is 4.77. The summed E-state index contributed by atoms with van der Waals surface area (Å²) in [7, 11) is 1.42. The number of pyridine rings is 1. The van der Waals surface area contributed by atoms with Crippen LogP contribution >= 0.6 is 0 Å². The smallest absolute Gasteiger partial charge is 0.381 e. The Morgan fingerprint density at radius 2 is 2.04 bits per heavy atom. The van der Waals surface area contributed by atoms with E-state index in [1.54, 1.807) is 0 Å². The highest BCUT2D eigenvalue weighted by Crippen LogP contribution is 2.33. The molecule has 0 saturated carbocycles. The molecule has 1 fully saturated rings. The molecule has 1 N–H and O–H groups in total. The fraction of sp³-hybridized carbons (Fsp3) is 0.588. The summed E-state index contributed by atoms with van der Waals surface area (Å²) in [5.41, 5.74) is -1.86. The van der Waals surface area contributed by atoms with Crippen LogP contribution in [0.1, 0.15) is 24.1 Å². The van der Waals surface area contributed by atoms with E-state index in [1.165, 1.54) is 18.7 Å². The second-order valence-electron chi connectivity index (χ2n) is 6.75. The van der Waals surface area contributed by atoms with E-state index in [2.05, 4.69) is 10.3 Å².